The number of carbonyl (C=O) groups is 1. The zero-order valence-electron chi connectivity index (χ0n) is 16.7. The molecule has 2 N–H and O–H groups in total. The van der Waals surface area contributed by atoms with E-state index < -0.39 is 0 Å². The molecule has 28 heavy (non-hydrogen) atoms. The van der Waals surface area contributed by atoms with Crippen molar-refractivity contribution in [2.75, 3.05) is 39.9 Å². The molecule has 1 fully saturated rings. The van der Waals surface area contributed by atoms with E-state index in [-0.39, 0.29) is 30.1 Å². The molecule has 1 saturated heterocycles. The van der Waals surface area contributed by atoms with E-state index in [1.165, 1.54) is 11.1 Å². The van der Waals surface area contributed by atoms with Gasteiger partial charge in [0.15, 0.2) is 5.96 Å². The van der Waals surface area contributed by atoms with E-state index in [1.54, 1.807) is 11.9 Å². The van der Waals surface area contributed by atoms with Crippen LogP contribution in [-0.2, 0) is 17.6 Å². The van der Waals surface area contributed by atoms with Crippen molar-refractivity contribution < 1.29 is 14.3 Å². The predicted octanol–water partition coefficient (Wildman–Crippen LogP) is 2.57. The molecule has 0 aliphatic carbocycles. The van der Waals surface area contributed by atoms with Gasteiger partial charge >= 0.3 is 6.09 Å². The molecule has 156 valence electrons. The zero-order chi connectivity index (χ0) is 19.1. The first kappa shape index (κ1) is 22.6. The highest BCUT2D eigenvalue weighted by atomic mass is 127. The van der Waals surface area contributed by atoms with Gasteiger partial charge in [-0.1, -0.05) is 12.1 Å². The molecule has 0 spiro atoms. The van der Waals surface area contributed by atoms with E-state index in [0.29, 0.717) is 25.7 Å². The van der Waals surface area contributed by atoms with Gasteiger partial charge in [-0.25, -0.2) is 4.79 Å². The van der Waals surface area contributed by atoms with Gasteiger partial charge in [-0.15, -0.1) is 24.0 Å². The van der Waals surface area contributed by atoms with Crippen molar-refractivity contribution in [2.24, 2.45) is 4.99 Å². The zero-order valence-corrected chi connectivity index (χ0v) is 19.0. The molecule has 8 heteroatoms. The number of ether oxygens (including phenoxy) is 2. The normalized spacial score (nSPS) is 16.6. The number of hydrogen-bond donors (Lipinski definition) is 2. The maximum atomic E-state index is 11.8. The fourth-order valence-corrected chi connectivity index (χ4v) is 3.53. The van der Waals surface area contributed by atoms with Crippen LogP contribution >= 0.6 is 24.0 Å². The summed E-state index contributed by atoms with van der Waals surface area (Å²) in [5.41, 5.74) is 2.62. The highest BCUT2D eigenvalue weighted by molar-refractivity contribution is 14.0. The Bertz CT molecular complexity index is 675. The number of piperidine rings is 1. The Morgan fingerprint density at radius 3 is 2.86 bits per heavy atom. The van der Waals surface area contributed by atoms with Crippen molar-refractivity contribution in [1.29, 1.82) is 0 Å². The van der Waals surface area contributed by atoms with Gasteiger partial charge in [0.25, 0.3) is 0 Å². The van der Waals surface area contributed by atoms with Crippen LogP contribution in [0, 0.1) is 0 Å². The second-order valence-corrected chi connectivity index (χ2v) is 6.89. The van der Waals surface area contributed by atoms with Crippen molar-refractivity contribution in [2.45, 2.75) is 38.6 Å². The highest BCUT2D eigenvalue weighted by Gasteiger charge is 2.24. The summed E-state index contributed by atoms with van der Waals surface area (Å²) in [6.07, 6.45) is 3.52. The molecule has 1 aromatic rings. The molecule has 1 amide bonds. The minimum absolute atomic E-state index is 0. The van der Waals surface area contributed by atoms with E-state index in [4.69, 9.17) is 9.47 Å². The first-order chi connectivity index (χ1) is 13.2. The Morgan fingerprint density at radius 2 is 2.14 bits per heavy atom. The summed E-state index contributed by atoms with van der Waals surface area (Å²) in [6.45, 7) is 5.29. The smallest absolute Gasteiger partial charge is 0.409 e. The van der Waals surface area contributed by atoms with E-state index in [0.717, 1.165) is 50.5 Å². The monoisotopic (exact) mass is 502 g/mol. The van der Waals surface area contributed by atoms with Crippen LogP contribution in [0.1, 0.15) is 30.9 Å². The van der Waals surface area contributed by atoms with E-state index in [1.807, 2.05) is 6.92 Å². The average Bonchev–Trinajstić information content (AvgIpc) is 3.15. The second kappa shape index (κ2) is 11.3. The second-order valence-electron chi connectivity index (χ2n) is 6.89. The third kappa shape index (κ3) is 6.15. The third-order valence-corrected chi connectivity index (χ3v) is 5.05. The van der Waals surface area contributed by atoms with Crippen LogP contribution in [-0.4, -0.2) is 62.9 Å². The number of amides is 1. The summed E-state index contributed by atoms with van der Waals surface area (Å²) in [7, 11) is 1.79. The molecule has 1 aromatic carbocycles. The largest absolute Gasteiger partial charge is 0.493 e. The molecule has 2 aliphatic heterocycles. The van der Waals surface area contributed by atoms with Gasteiger partial charge in [-0.05, 0) is 43.4 Å². The molecule has 0 atom stereocenters. The molecule has 0 bridgehead atoms. The Labute approximate surface area is 184 Å². The van der Waals surface area contributed by atoms with E-state index in [9.17, 15) is 4.79 Å². The topological polar surface area (TPSA) is 75.2 Å². The Balaban J connectivity index is 0.00000280. The molecule has 7 nitrogen and oxygen atoms in total. The number of nitrogens with zero attached hydrogens (tertiary/aromatic N) is 2. The predicted molar refractivity (Wildman–Crippen MR) is 121 cm³/mol. The van der Waals surface area contributed by atoms with Gasteiger partial charge in [0.05, 0.1) is 13.2 Å². The lowest BCUT2D eigenvalue weighted by atomic mass is 10.1. The summed E-state index contributed by atoms with van der Waals surface area (Å²) in [4.78, 5) is 17.9. The highest BCUT2D eigenvalue weighted by Crippen LogP contribution is 2.25. The number of rotatable bonds is 5. The number of carbonyl (C=O) groups excluding carboxylic acids is 1. The Morgan fingerprint density at radius 1 is 1.36 bits per heavy atom. The van der Waals surface area contributed by atoms with Gasteiger partial charge in [-0.3, -0.25) is 4.99 Å². The molecule has 0 unspecified atom stereocenters. The summed E-state index contributed by atoms with van der Waals surface area (Å²) in [5.74, 6) is 1.84. The van der Waals surface area contributed by atoms with Crippen molar-refractivity contribution in [1.82, 2.24) is 15.5 Å². The SMILES string of the molecule is CCOC(=O)N1CCC(NC(=NC)NCCc2ccc3c(c2)CCO3)CC1.I. The number of halogens is 1. The first-order valence-electron chi connectivity index (χ1n) is 9.83. The van der Waals surface area contributed by atoms with Crippen molar-refractivity contribution in [3.8, 4) is 5.75 Å². The first-order valence-corrected chi connectivity index (χ1v) is 9.83. The minimum atomic E-state index is -0.210. The molecule has 0 radical (unpaired) electrons. The number of fused-ring (bicyclic) bond motifs is 1. The fourth-order valence-electron chi connectivity index (χ4n) is 3.53. The fraction of sp³-hybridized carbons (Fsp3) is 0.600. The van der Waals surface area contributed by atoms with Crippen molar-refractivity contribution in [3.63, 3.8) is 0 Å². The lowest BCUT2D eigenvalue weighted by Gasteiger charge is -2.32. The molecule has 0 saturated carbocycles. The van der Waals surface area contributed by atoms with E-state index in [2.05, 4.69) is 33.8 Å². The molecular weight excluding hydrogens is 471 g/mol. The standard InChI is InChI=1S/C20H30N4O3.HI/c1-3-26-20(25)24-11-7-17(8-12-24)23-19(21-2)22-10-6-15-4-5-18-16(14-15)9-13-27-18;/h4-5,14,17H,3,6-13H2,1-2H3,(H2,21,22,23);1H. The number of aliphatic imine (C=N–C) groups is 1. The van der Waals surface area contributed by atoms with Crippen LogP contribution in [0.2, 0.25) is 0 Å². The van der Waals surface area contributed by atoms with Gasteiger partial charge < -0.3 is 25.0 Å². The van der Waals surface area contributed by atoms with Gasteiger partial charge in [0.1, 0.15) is 5.75 Å². The van der Waals surface area contributed by atoms with Crippen LogP contribution in [0.5, 0.6) is 5.75 Å². The maximum Gasteiger partial charge on any atom is 0.409 e. The number of likely N-dealkylation sites (tertiary alicyclic amines) is 1. The van der Waals surface area contributed by atoms with Crippen LogP contribution < -0.4 is 15.4 Å². The quantitative estimate of drug-likeness (QED) is 0.368. The minimum Gasteiger partial charge on any atom is -0.493 e. The third-order valence-electron chi connectivity index (χ3n) is 5.05. The lowest BCUT2D eigenvalue weighted by Crippen LogP contribution is -2.50. The van der Waals surface area contributed by atoms with Crippen molar-refractivity contribution in [3.05, 3.63) is 29.3 Å². The number of nitrogens with one attached hydrogen (secondary N) is 2. The molecule has 2 heterocycles. The molecule has 2 aliphatic rings. The summed E-state index contributed by atoms with van der Waals surface area (Å²) in [5, 5.41) is 6.85. The van der Waals surface area contributed by atoms with Crippen LogP contribution in [0.25, 0.3) is 0 Å². The number of guanidine groups is 1. The molecule has 0 aromatic heterocycles. The Hall–Kier alpha value is -1.71. The van der Waals surface area contributed by atoms with Crippen molar-refractivity contribution >= 4 is 36.0 Å². The van der Waals surface area contributed by atoms with Gasteiger partial charge in [-0.2, -0.15) is 0 Å². The van der Waals surface area contributed by atoms with Gasteiger partial charge in [0, 0.05) is 39.1 Å². The summed E-state index contributed by atoms with van der Waals surface area (Å²) >= 11 is 0. The summed E-state index contributed by atoms with van der Waals surface area (Å²) in [6, 6.07) is 6.76. The number of hydrogen-bond acceptors (Lipinski definition) is 4. The Kier molecular flexibility index (Phi) is 9.14. The van der Waals surface area contributed by atoms with Crippen LogP contribution in [0.4, 0.5) is 4.79 Å². The van der Waals surface area contributed by atoms with Crippen LogP contribution in [0.3, 0.4) is 0 Å². The van der Waals surface area contributed by atoms with E-state index >= 15 is 0 Å². The van der Waals surface area contributed by atoms with Crippen LogP contribution in [0.15, 0.2) is 23.2 Å². The average molecular weight is 502 g/mol. The number of benzene rings is 1. The summed E-state index contributed by atoms with van der Waals surface area (Å²) < 4.78 is 10.6. The lowest BCUT2D eigenvalue weighted by molar-refractivity contribution is 0.0963. The maximum absolute atomic E-state index is 11.8. The molecular formula is C20H31IN4O3. The molecule has 3 rings (SSSR count). The van der Waals surface area contributed by atoms with Gasteiger partial charge in [0.2, 0.25) is 0 Å².